The molecule has 0 radical (unpaired) electrons. The molecule has 1 aliphatic rings. The SMILES string of the molecule is CCC(NS(=O)(=O)N1CCC(CO)CC1)c1nccs1. The molecule has 6 nitrogen and oxygen atoms in total. The molecule has 0 spiro atoms. The van der Waals surface area contributed by atoms with Gasteiger partial charge in [0, 0.05) is 31.3 Å². The Morgan fingerprint density at radius 2 is 2.25 bits per heavy atom. The molecule has 20 heavy (non-hydrogen) atoms. The summed E-state index contributed by atoms with van der Waals surface area (Å²) < 4.78 is 28.9. The molecule has 2 heterocycles. The first-order valence-corrected chi connectivity index (χ1v) is 9.16. The average molecular weight is 319 g/mol. The van der Waals surface area contributed by atoms with Crippen LogP contribution >= 0.6 is 11.3 Å². The van der Waals surface area contributed by atoms with Crippen molar-refractivity contribution in [3.63, 3.8) is 0 Å². The molecule has 8 heteroatoms. The van der Waals surface area contributed by atoms with Crippen molar-refractivity contribution in [3.8, 4) is 0 Å². The quantitative estimate of drug-likeness (QED) is 0.823. The maximum Gasteiger partial charge on any atom is 0.280 e. The third-order valence-corrected chi connectivity index (χ3v) is 6.14. The van der Waals surface area contributed by atoms with Gasteiger partial charge in [-0.15, -0.1) is 11.3 Å². The molecule has 1 aromatic rings. The van der Waals surface area contributed by atoms with Crippen LogP contribution < -0.4 is 4.72 Å². The van der Waals surface area contributed by atoms with Crippen LogP contribution in [0.2, 0.25) is 0 Å². The highest BCUT2D eigenvalue weighted by Gasteiger charge is 2.30. The maximum absolute atomic E-state index is 12.4. The molecule has 2 rings (SSSR count). The molecule has 1 saturated heterocycles. The molecule has 0 aromatic carbocycles. The van der Waals surface area contributed by atoms with E-state index in [4.69, 9.17) is 5.11 Å². The first-order valence-electron chi connectivity index (χ1n) is 6.84. The zero-order chi connectivity index (χ0) is 14.6. The zero-order valence-corrected chi connectivity index (χ0v) is 13.2. The molecule has 0 aliphatic carbocycles. The Bertz CT molecular complexity index is 496. The number of aliphatic hydroxyl groups is 1. The molecule has 0 saturated carbocycles. The van der Waals surface area contributed by atoms with Crippen LogP contribution in [0.25, 0.3) is 0 Å². The summed E-state index contributed by atoms with van der Waals surface area (Å²) >= 11 is 1.46. The van der Waals surface area contributed by atoms with E-state index in [2.05, 4.69) is 9.71 Å². The van der Waals surface area contributed by atoms with Crippen LogP contribution in [0.5, 0.6) is 0 Å². The van der Waals surface area contributed by atoms with Crippen molar-refractivity contribution >= 4 is 21.5 Å². The maximum atomic E-state index is 12.4. The number of nitrogens with zero attached hydrogens (tertiary/aromatic N) is 2. The molecule has 1 aliphatic heterocycles. The van der Waals surface area contributed by atoms with Crippen molar-refractivity contribution < 1.29 is 13.5 Å². The van der Waals surface area contributed by atoms with Gasteiger partial charge < -0.3 is 5.11 Å². The van der Waals surface area contributed by atoms with Gasteiger partial charge in [-0.2, -0.15) is 17.4 Å². The van der Waals surface area contributed by atoms with Crippen LogP contribution in [0, 0.1) is 5.92 Å². The van der Waals surface area contributed by atoms with Crippen LogP contribution in [0.15, 0.2) is 11.6 Å². The van der Waals surface area contributed by atoms with E-state index in [1.807, 2.05) is 12.3 Å². The van der Waals surface area contributed by atoms with Crippen LogP contribution in [0.1, 0.15) is 37.2 Å². The fourth-order valence-corrected chi connectivity index (χ4v) is 4.63. The minimum Gasteiger partial charge on any atom is -0.396 e. The van der Waals surface area contributed by atoms with Gasteiger partial charge in [-0.05, 0) is 25.2 Å². The van der Waals surface area contributed by atoms with Crippen molar-refractivity contribution in [1.29, 1.82) is 0 Å². The van der Waals surface area contributed by atoms with Crippen LogP contribution in [-0.4, -0.2) is 42.5 Å². The smallest absolute Gasteiger partial charge is 0.280 e. The third-order valence-electron chi connectivity index (χ3n) is 3.62. The minimum absolute atomic E-state index is 0.137. The largest absolute Gasteiger partial charge is 0.396 e. The fraction of sp³-hybridized carbons (Fsp3) is 0.750. The Labute approximate surface area is 124 Å². The standard InChI is InChI=1S/C12H21N3O3S2/c1-2-11(12-13-5-8-19-12)14-20(17,18)15-6-3-10(9-16)4-7-15/h5,8,10-11,14,16H,2-4,6-7,9H2,1H3. The summed E-state index contributed by atoms with van der Waals surface area (Å²) in [6.07, 6.45) is 3.78. The number of hydrogen-bond acceptors (Lipinski definition) is 5. The highest BCUT2D eigenvalue weighted by atomic mass is 32.2. The lowest BCUT2D eigenvalue weighted by Crippen LogP contribution is -2.46. The van der Waals surface area contributed by atoms with E-state index in [9.17, 15) is 8.42 Å². The Morgan fingerprint density at radius 3 is 2.75 bits per heavy atom. The summed E-state index contributed by atoms with van der Waals surface area (Å²) in [5.74, 6) is 0.224. The van der Waals surface area contributed by atoms with Gasteiger partial charge in [0.2, 0.25) is 0 Å². The van der Waals surface area contributed by atoms with E-state index in [0.717, 1.165) is 5.01 Å². The molecule has 0 bridgehead atoms. The lowest BCUT2D eigenvalue weighted by atomic mass is 10.00. The van der Waals surface area contributed by atoms with Crippen molar-refractivity contribution in [3.05, 3.63) is 16.6 Å². The average Bonchev–Trinajstić information content (AvgIpc) is 2.99. The van der Waals surface area contributed by atoms with Crippen LogP contribution in [0.4, 0.5) is 0 Å². The van der Waals surface area contributed by atoms with Crippen molar-refractivity contribution in [1.82, 2.24) is 14.0 Å². The molecular formula is C12H21N3O3S2. The van der Waals surface area contributed by atoms with Gasteiger partial charge in [0.1, 0.15) is 5.01 Å². The first kappa shape index (κ1) is 15.8. The minimum atomic E-state index is -3.48. The number of aromatic nitrogens is 1. The molecule has 2 N–H and O–H groups in total. The summed E-state index contributed by atoms with van der Waals surface area (Å²) in [7, 11) is -3.48. The van der Waals surface area contributed by atoms with Gasteiger partial charge in [0.15, 0.2) is 0 Å². The molecule has 0 amide bonds. The highest BCUT2D eigenvalue weighted by molar-refractivity contribution is 7.87. The Hall–Kier alpha value is -0.540. The van der Waals surface area contributed by atoms with E-state index >= 15 is 0 Å². The van der Waals surface area contributed by atoms with Gasteiger partial charge in [-0.25, -0.2) is 4.98 Å². The summed E-state index contributed by atoms with van der Waals surface area (Å²) in [5.41, 5.74) is 0. The van der Waals surface area contributed by atoms with Gasteiger partial charge in [-0.3, -0.25) is 0 Å². The summed E-state index contributed by atoms with van der Waals surface area (Å²) in [5, 5.41) is 11.7. The van der Waals surface area contributed by atoms with Crippen LogP contribution in [-0.2, 0) is 10.2 Å². The number of aliphatic hydroxyl groups excluding tert-OH is 1. The number of rotatable bonds is 6. The van der Waals surface area contributed by atoms with Crippen LogP contribution in [0.3, 0.4) is 0 Å². The van der Waals surface area contributed by atoms with Crippen molar-refractivity contribution in [2.45, 2.75) is 32.2 Å². The summed E-state index contributed by atoms with van der Waals surface area (Å²) in [6, 6.07) is -0.268. The molecule has 1 aromatic heterocycles. The fourth-order valence-electron chi connectivity index (χ4n) is 2.30. The molecule has 1 fully saturated rings. The Morgan fingerprint density at radius 1 is 1.55 bits per heavy atom. The molecule has 114 valence electrons. The molecular weight excluding hydrogens is 298 g/mol. The Kier molecular flexibility index (Phi) is 5.50. The summed E-state index contributed by atoms with van der Waals surface area (Å²) in [6.45, 7) is 3.01. The topological polar surface area (TPSA) is 82.5 Å². The predicted molar refractivity (Wildman–Crippen MR) is 78.6 cm³/mol. The second-order valence-electron chi connectivity index (χ2n) is 4.98. The second kappa shape index (κ2) is 6.95. The van der Waals surface area contributed by atoms with Crippen molar-refractivity contribution in [2.75, 3.05) is 19.7 Å². The summed E-state index contributed by atoms with van der Waals surface area (Å²) in [4.78, 5) is 4.18. The predicted octanol–water partition coefficient (Wildman–Crippen LogP) is 1.13. The van der Waals surface area contributed by atoms with Gasteiger partial charge in [-0.1, -0.05) is 6.92 Å². The monoisotopic (exact) mass is 319 g/mol. The van der Waals surface area contributed by atoms with Gasteiger partial charge in [0.05, 0.1) is 6.04 Å². The lowest BCUT2D eigenvalue weighted by Gasteiger charge is -2.31. The normalized spacial score (nSPS) is 20.1. The van der Waals surface area contributed by atoms with Crippen molar-refractivity contribution in [2.24, 2.45) is 5.92 Å². The number of hydrogen-bond donors (Lipinski definition) is 2. The van der Waals surface area contributed by atoms with E-state index in [-0.39, 0.29) is 18.6 Å². The number of piperidine rings is 1. The molecule has 1 atom stereocenters. The number of thiazole rings is 1. The van der Waals surface area contributed by atoms with E-state index < -0.39 is 10.2 Å². The zero-order valence-electron chi connectivity index (χ0n) is 11.5. The van der Waals surface area contributed by atoms with E-state index in [0.29, 0.717) is 32.4 Å². The van der Waals surface area contributed by atoms with Gasteiger partial charge >= 0.3 is 0 Å². The highest BCUT2D eigenvalue weighted by Crippen LogP contribution is 2.23. The van der Waals surface area contributed by atoms with E-state index in [1.165, 1.54) is 15.6 Å². The Balaban J connectivity index is 2.00. The number of nitrogens with one attached hydrogen (secondary N) is 1. The first-order chi connectivity index (χ1) is 9.56. The lowest BCUT2D eigenvalue weighted by molar-refractivity contribution is 0.169. The van der Waals surface area contributed by atoms with E-state index in [1.54, 1.807) is 6.20 Å². The molecule has 1 unspecified atom stereocenters. The second-order valence-corrected chi connectivity index (χ2v) is 7.61. The third kappa shape index (κ3) is 3.76. The van der Waals surface area contributed by atoms with Gasteiger partial charge in [0.25, 0.3) is 10.2 Å².